The number of nitrogens with two attached hydrogens (primary N) is 1. The maximum atomic E-state index is 13.7. The number of nitrogens with zero attached hydrogens (tertiary/aromatic N) is 4. The van der Waals surface area contributed by atoms with Crippen LogP contribution in [0.5, 0.6) is 0 Å². The highest BCUT2D eigenvalue weighted by molar-refractivity contribution is 5.71. The zero-order valence-electron chi connectivity index (χ0n) is 13.8. The predicted octanol–water partition coefficient (Wildman–Crippen LogP) is 0.407. The van der Waals surface area contributed by atoms with E-state index in [1.54, 1.807) is 6.92 Å². The Hall–Kier alpha value is -2.82. The van der Waals surface area contributed by atoms with Gasteiger partial charge in [0.25, 0.3) is 0 Å². The van der Waals surface area contributed by atoms with Crippen LogP contribution >= 0.6 is 0 Å². The largest absolute Gasteiger partial charge is 0.463 e. The van der Waals surface area contributed by atoms with E-state index in [4.69, 9.17) is 19.9 Å². The van der Waals surface area contributed by atoms with E-state index in [0.29, 0.717) is 0 Å². The van der Waals surface area contributed by atoms with Crippen molar-refractivity contribution < 1.29 is 28.2 Å². The van der Waals surface area contributed by atoms with Crippen LogP contribution in [0.3, 0.4) is 0 Å². The molecule has 0 radical (unpaired) electrons. The van der Waals surface area contributed by atoms with Gasteiger partial charge in [0.15, 0.2) is 11.2 Å². The molecule has 2 aromatic rings. The van der Waals surface area contributed by atoms with Crippen LogP contribution in [0.2, 0.25) is 0 Å². The molecule has 0 saturated carbocycles. The van der Waals surface area contributed by atoms with Crippen LogP contribution in [0.25, 0.3) is 11.2 Å². The number of carbonyl (C=O) groups excluding carboxylic acids is 2. The summed E-state index contributed by atoms with van der Waals surface area (Å²) in [7, 11) is 0. The fourth-order valence-corrected chi connectivity index (χ4v) is 1.85. The van der Waals surface area contributed by atoms with Crippen molar-refractivity contribution in [3.63, 3.8) is 0 Å². The Morgan fingerprint density at radius 1 is 1.32 bits per heavy atom. The first kappa shape index (κ1) is 18.5. The first-order chi connectivity index (χ1) is 11.9. The SMILES string of the molecule is CCC(=O)OCC(COC(C)=O)OCn1cnc2c(F)nc(N)nc21. The summed E-state index contributed by atoms with van der Waals surface area (Å²) >= 11 is 0. The van der Waals surface area contributed by atoms with Crippen molar-refractivity contribution in [3.8, 4) is 0 Å². The zero-order chi connectivity index (χ0) is 18.4. The van der Waals surface area contributed by atoms with Gasteiger partial charge in [0.1, 0.15) is 26.0 Å². The minimum atomic E-state index is -0.838. The lowest BCUT2D eigenvalue weighted by atomic mass is 10.4. The summed E-state index contributed by atoms with van der Waals surface area (Å²) in [6.45, 7) is 2.60. The number of aromatic nitrogens is 4. The molecule has 0 fully saturated rings. The van der Waals surface area contributed by atoms with Crippen LogP contribution in [-0.2, 0) is 30.5 Å². The molecule has 2 heterocycles. The van der Waals surface area contributed by atoms with Crippen molar-refractivity contribution in [2.75, 3.05) is 18.9 Å². The molecule has 2 rings (SSSR count). The lowest BCUT2D eigenvalue weighted by Crippen LogP contribution is -2.29. The highest BCUT2D eigenvalue weighted by atomic mass is 19.1. The van der Waals surface area contributed by atoms with Gasteiger partial charge in [-0.1, -0.05) is 6.92 Å². The van der Waals surface area contributed by atoms with Crippen LogP contribution in [0, 0.1) is 5.95 Å². The summed E-state index contributed by atoms with van der Waals surface area (Å²) in [4.78, 5) is 33.4. The molecule has 0 bridgehead atoms. The van der Waals surface area contributed by atoms with Crippen molar-refractivity contribution in [3.05, 3.63) is 12.3 Å². The molecule has 0 aliphatic heterocycles. The van der Waals surface area contributed by atoms with E-state index in [-0.39, 0.29) is 43.5 Å². The summed E-state index contributed by atoms with van der Waals surface area (Å²) in [5, 5.41) is 0. The maximum absolute atomic E-state index is 13.7. The van der Waals surface area contributed by atoms with Gasteiger partial charge in [0, 0.05) is 13.3 Å². The standard InChI is InChI=1S/C14H18FN5O5/c1-3-10(22)24-5-9(4-23-8(2)21)25-7-20-6-17-11-12(15)18-14(16)19-13(11)20/h6,9H,3-5,7H2,1-2H3,(H2,16,18,19). The van der Waals surface area contributed by atoms with Gasteiger partial charge in [0.05, 0.1) is 6.33 Å². The second-order valence-electron chi connectivity index (χ2n) is 5.02. The van der Waals surface area contributed by atoms with E-state index in [0.717, 1.165) is 0 Å². The summed E-state index contributed by atoms with van der Waals surface area (Å²) < 4.78 is 30.5. The number of imidazole rings is 1. The molecule has 0 aromatic carbocycles. The summed E-state index contributed by atoms with van der Waals surface area (Å²) in [5.41, 5.74) is 5.53. The first-order valence-corrected chi connectivity index (χ1v) is 7.45. The fourth-order valence-electron chi connectivity index (χ4n) is 1.85. The Labute approximate surface area is 142 Å². The van der Waals surface area contributed by atoms with Crippen LogP contribution in [0.4, 0.5) is 10.3 Å². The third kappa shape index (κ3) is 5.08. The minimum Gasteiger partial charge on any atom is -0.463 e. The molecule has 0 aliphatic carbocycles. The third-order valence-electron chi connectivity index (χ3n) is 3.08. The zero-order valence-corrected chi connectivity index (χ0v) is 13.8. The molecule has 2 N–H and O–H groups in total. The van der Waals surface area contributed by atoms with Gasteiger partial charge in [-0.25, -0.2) is 4.98 Å². The van der Waals surface area contributed by atoms with Crippen molar-refractivity contribution in [1.29, 1.82) is 0 Å². The van der Waals surface area contributed by atoms with E-state index < -0.39 is 24.0 Å². The number of carbonyl (C=O) groups is 2. The van der Waals surface area contributed by atoms with Gasteiger partial charge < -0.3 is 19.9 Å². The van der Waals surface area contributed by atoms with Gasteiger partial charge in [-0.15, -0.1) is 0 Å². The Bertz CT molecular complexity index is 765. The molecule has 136 valence electrons. The molecule has 10 nitrogen and oxygen atoms in total. The molecular weight excluding hydrogens is 337 g/mol. The van der Waals surface area contributed by atoms with Gasteiger partial charge in [0.2, 0.25) is 11.9 Å². The van der Waals surface area contributed by atoms with Crippen molar-refractivity contribution in [1.82, 2.24) is 19.5 Å². The smallest absolute Gasteiger partial charge is 0.305 e. The van der Waals surface area contributed by atoms with Gasteiger partial charge in [-0.05, 0) is 0 Å². The quantitative estimate of drug-likeness (QED) is 0.528. The Kier molecular flexibility index (Phi) is 6.17. The highest BCUT2D eigenvalue weighted by Gasteiger charge is 2.17. The molecule has 0 amide bonds. The number of anilines is 1. The Balaban J connectivity index is 2.05. The van der Waals surface area contributed by atoms with E-state index in [2.05, 4.69) is 15.0 Å². The summed E-state index contributed by atoms with van der Waals surface area (Å²) in [5.74, 6) is -1.98. The van der Waals surface area contributed by atoms with E-state index >= 15 is 0 Å². The number of fused-ring (bicyclic) bond motifs is 1. The molecule has 0 saturated heterocycles. The fraction of sp³-hybridized carbons (Fsp3) is 0.500. The van der Waals surface area contributed by atoms with E-state index in [1.807, 2.05) is 0 Å². The van der Waals surface area contributed by atoms with Crippen molar-refractivity contribution in [2.24, 2.45) is 0 Å². The van der Waals surface area contributed by atoms with Crippen LogP contribution in [-0.4, -0.2) is 50.8 Å². The van der Waals surface area contributed by atoms with Crippen LogP contribution in [0.15, 0.2) is 6.33 Å². The van der Waals surface area contributed by atoms with E-state index in [1.165, 1.54) is 17.8 Å². The van der Waals surface area contributed by atoms with Gasteiger partial charge >= 0.3 is 11.9 Å². The van der Waals surface area contributed by atoms with Crippen LogP contribution < -0.4 is 5.73 Å². The maximum Gasteiger partial charge on any atom is 0.305 e. The molecular formula is C14H18FN5O5. The van der Waals surface area contributed by atoms with Gasteiger partial charge in [-0.3, -0.25) is 14.2 Å². The Morgan fingerprint density at radius 3 is 2.72 bits per heavy atom. The average molecular weight is 355 g/mol. The number of rotatable bonds is 8. The predicted molar refractivity (Wildman–Crippen MR) is 82.4 cm³/mol. The molecule has 1 unspecified atom stereocenters. The molecule has 2 aromatic heterocycles. The Morgan fingerprint density at radius 2 is 2.04 bits per heavy atom. The van der Waals surface area contributed by atoms with E-state index in [9.17, 15) is 14.0 Å². The third-order valence-corrected chi connectivity index (χ3v) is 3.08. The molecule has 11 heteroatoms. The first-order valence-electron chi connectivity index (χ1n) is 7.45. The monoisotopic (exact) mass is 355 g/mol. The number of ether oxygens (including phenoxy) is 3. The highest BCUT2D eigenvalue weighted by Crippen LogP contribution is 2.14. The molecule has 0 spiro atoms. The second-order valence-corrected chi connectivity index (χ2v) is 5.02. The number of halogens is 1. The summed E-state index contributed by atoms with van der Waals surface area (Å²) in [6, 6.07) is 0. The average Bonchev–Trinajstić information content (AvgIpc) is 2.96. The topological polar surface area (TPSA) is 131 Å². The summed E-state index contributed by atoms with van der Waals surface area (Å²) in [6.07, 6.45) is 0.811. The van der Waals surface area contributed by atoms with Gasteiger partial charge in [-0.2, -0.15) is 14.4 Å². The number of hydrogen-bond acceptors (Lipinski definition) is 9. The molecule has 25 heavy (non-hydrogen) atoms. The number of esters is 2. The normalized spacial score (nSPS) is 12.1. The van der Waals surface area contributed by atoms with Crippen molar-refractivity contribution in [2.45, 2.75) is 33.1 Å². The van der Waals surface area contributed by atoms with Crippen molar-refractivity contribution >= 4 is 29.1 Å². The van der Waals surface area contributed by atoms with Crippen LogP contribution in [0.1, 0.15) is 20.3 Å². The number of nitrogen functional groups attached to an aromatic ring is 1. The lowest BCUT2D eigenvalue weighted by molar-refractivity contribution is -0.156. The lowest BCUT2D eigenvalue weighted by Gasteiger charge is -2.18. The molecule has 0 aliphatic rings. The second kappa shape index (κ2) is 8.33. The molecule has 1 atom stereocenters. The number of hydrogen-bond donors (Lipinski definition) is 1. The minimum absolute atomic E-state index is 0.0493.